The molecule has 1 atom stereocenters. The van der Waals surface area contributed by atoms with E-state index in [9.17, 15) is 19.6 Å². The Hall–Kier alpha value is -4.46. The van der Waals surface area contributed by atoms with Gasteiger partial charge in [-0.1, -0.05) is 23.4 Å². The van der Waals surface area contributed by atoms with Crippen LogP contribution < -0.4 is 16.0 Å². The van der Waals surface area contributed by atoms with Crippen molar-refractivity contribution in [2.75, 3.05) is 16.4 Å². The maximum absolute atomic E-state index is 13.4. The lowest BCUT2D eigenvalue weighted by Gasteiger charge is -2.28. The molecule has 3 aromatic rings. The Labute approximate surface area is 233 Å². The summed E-state index contributed by atoms with van der Waals surface area (Å²) < 4.78 is 5.85. The minimum Gasteiger partial charge on any atom is -0.478 e. The number of halogens is 1. The first-order chi connectivity index (χ1) is 18.7. The van der Waals surface area contributed by atoms with Gasteiger partial charge in [0, 0.05) is 22.1 Å². The van der Waals surface area contributed by atoms with Gasteiger partial charge in [0.1, 0.15) is 11.5 Å². The molecule has 1 aliphatic heterocycles. The number of rotatable bonds is 8. The number of hydrogen-bond donors (Lipinski definition) is 4. The van der Waals surface area contributed by atoms with Gasteiger partial charge in [0.05, 0.1) is 39.5 Å². The van der Waals surface area contributed by atoms with E-state index < -0.39 is 17.8 Å². The SMILES string of the molecule is CC1=C(C(=O)Nc2ccc(Cl)cc2)C(c2ccc(C)o2)C(C#N)=C(SCC(=O)Nc2ccc(C(=O)O)cc2)N1. The second kappa shape index (κ2) is 11.9. The summed E-state index contributed by atoms with van der Waals surface area (Å²) in [5.41, 5.74) is 2.14. The van der Waals surface area contributed by atoms with Crippen LogP contribution in [0.15, 0.2) is 87.0 Å². The number of anilines is 2. The fourth-order valence-electron chi connectivity index (χ4n) is 3.98. The number of hydrogen-bond acceptors (Lipinski definition) is 7. The molecule has 0 spiro atoms. The molecule has 0 saturated heterocycles. The normalized spacial score (nSPS) is 14.9. The number of carboxylic acids is 1. The molecule has 1 unspecified atom stereocenters. The van der Waals surface area contributed by atoms with E-state index in [0.29, 0.717) is 44.2 Å². The van der Waals surface area contributed by atoms with E-state index in [2.05, 4.69) is 22.0 Å². The summed E-state index contributed by atoms with van der Waals surface area (Å²) in [5, 5.41) is 28.8. The van der Waals surface area contributed by atoms with E-state index in [4.69, 9.17) is 21.1 Å². The third-order valence-corrected chi connectivity index (χ3v) is 7.07. The highest BCUT2D eigenvalue weighted by atomic mass is 35.5. The maximum atomic E-state index is 13.4. The number of aryl methyl sites for hydroxylation is 1. The topological polar surface area (TPSA) is 144 Å². The zero-order valence-corrected chi connectivity index (χ0v) is 22.4. The van der Waals surface area contributed by atoms with Gasteiger partial charge in [-0.3, -0.25) is 9.59 Å². The number of nitrogens with one attached hydrogen (secondary N) is 3. The van der Waals surface area contributed by atoms with Gasteiger partial charge >= 0.3 is 5.97 Å². The largest absolute Gasteiger partial charge is 0.478 e. The summed E-state index contributed by atoms with van der Waals surface area (Å²) in [5.74, 6) is -1.63. The van der Waals surface area contributed by atoms with Crippen LogP contribution in [0.2, 0.25) is 5.02 Å². The second-order valence-electron chi connectivity index (χ2n) is 8.58. The predicted octanol–water partition coefficient (Wildman–Crippen LogP) is 5.65. The molecule has 11 heteroatoms. The van der Waals surface area contributed by atoms with Crippen LogP contribution in [0.3, 0.4) is 0 Å². The first-order valence-corrected chi connectivity index (χ1v) is 13.0. The van der Waals surface area contributed by atoms with Crippen LogP contribution in [0.25, 0.3) is 0 Å². The molecular formula is C28H23ClN4O5S. The van der Waals surface area contributed by atoms with Gasteiger partial charge in [-0.15, -0.1) is 0 Å². The summed E-state index contributed by atoms with van der Waals surface area (Å²) in [6.45, 7) is 3.49. The minimum absolute atomic E-state index is 0.0440. The van der Waals surface area contributed by atoms with Gasteiger partial charge in [-0.25, -0.2) is 4.79 Å². The highest BCUT2D eigenvalue weighted by Crippen LogP contribution is 2.41. The Morgan fingerprint density at radius 2 is 1.67 bits per heavy atom. The van der Waals surface area contributed by atoms with E-state index >= 15 is 0 Å². The lowest BCUT2D eigenvalue weighted by Crippen LogP contribution is -2.31. The molecule has 1 aromatic heterocycles. The third kappa shape index (κ3) is 6.52. The Kier molecular flexibility index (Phi) is 8.44. The lowest BCUT2D eigenvalue weighted by molar-refractivity contribution is -0.114. The summed E-state index contributed by atoms with van der Waals surface area (Å²) >= 11 is 7.07. The van der Waals surface area contributed by atoms with E-state index in [1.165, 1.54) is 24.3 Å². The Bertz CT molecular complexity index is 1540. The molecule has 198 valence electrons. The van der Waals surface area contributed by atoms with Gasteiger partial charge in [-0.2, -0.15) is 5.26 Å². The summed E-state index contributed by atoms with van der Waals surface area (Å²) in [6, 6.07) is 18.1. The average molecular weight is 563 g/mol. The zero-order chi connectivity index (χ0) is 28.1. The van der Waals surface area contributed by atoms with Gasteiger partial charge < -0.3 is 25.5 Å². The number of allylic oxidation sites excluding steroid dienone is 2. The summed E-state index contributed by atoms with van der Waals surface area (Å²) in [7, 11) is 0. The molecular weight excluding hydrogens is 540 g/mol. The van der Waals surface area contributed by atoms with Crippen molar-refractivity contribution in [2.45, 2.75) is 19.8 Å². The summed E-state index contributed by atoms with van der Waals surface area (Å²) in [6.07, 6.45) is 0. The average Bonchev–Trinajstić information content (AvgIpc) is 3.34. The molecule has 2 amide bonds. The molecule has 0 saturated carbocycles. The number of carbonyl (C=O) groups is 3. The molecule has 0 radical (unpaired) electrons. The van der Waals surface area contributed by atoms with Gasteiger partial charge in [0.25, 0.3) is 5.91 Å². The fourth-order valence-corrected chi connectivity index (χ4v) is 5.00. The van der Waals surface area contributed by atoms with Crippen LogP contribution in [0.4, 0.5) is 11.4 Å². The second-order valence-corrected chi connectivity index (χ2v) is 10.0. The number of carbonyl (C=O) groups excluding carboxylic acids is 2. The van der Waals surface area contributed by atoms with Crippen molar-refractivity contribution in [3.8, 4) is 6.07 Å². The first kappa shape index (κ1) is 27.6. The summed E-state index contributed by atoms with van der Waals surface area (Å²) in [4.78, 5) is 37.1. The van der Waals surface area contributed by atoms with Crippen molar-refractivity contribution in [1.82, 2.24) is 5.32 Å². The van der Waals surface area contributed by atoms with Crippen molar-refractivity contribution in [2.24, 2.45) is 0 Å². The molecule has 4 N–H and O–H groups in total. The lowest BCUT2D eigenvalue weighted by atomic mass is 9.85. The number of amides is 2. The molecule has 0 fully saturated rings. The minimum atomic E-state index is -1.06. The molecule has 9 nitrogen and oxygen atoms in total. The van der Waals surface area contributed by atoms with E-state index in [-0.39, 0.29) is 22.8 Å². The van der Waals surface area contributed by atoms with Crippen molar-refractivity contribution < 1.29 is 23.9 Å². The number of furan rings is 1. The zero-order valence-electron chi connectivity index (χ0n) is 20.9. The molecule has 1 aliphatic rings. The van der Waals surface area contributed by atoms with Crippen molar-refractivity contribution in [3.05, 3.63) is 105 Å². The van der Waals surface area contributed by atoms with Crippen LogP contribution in [-0.4, -0.2) is 28.6 Å². The van der Waals surface area contributed by atoms with Crippen molar-refractivity contribution >= 4 is 52.5 Å². The monoisotopic (exact) mass is 562 g/mol. The number of thioether (sulfide) groups is 1. The molecule has 0 aliphatic carbocycles. The van der Waals surface area contributed by atoms with Crippen LogP contribution >= 0.6 is 23.4 Å². The standard InChI is InChI=1S/C28H23ClN4O5S/c1-15-3-12-22(38-15)25-21(13-30)27(39-14-23(34)32-19-8-4-17(5-9-19)28(36)37)31-16(2)24(25)26(35)33-20-10-6-18(29)7-11-20/h3-12,25,31H,14H2,1-2H3,(H,32,34)(H,33,35)(H,36,37). The fraction of sp³-hybridized carbons (Fsp3) is 0.143. The van der Waals surface area contributed by atoms with E-state index in [1.807, 2.05) is 0 Å². The number of carboxylic acid groups (broad SMARTS) is 1. The van der Waals surface area contributed by atoms with E-state index in [1.54, 1.807) is 50.2 Å². The van der Waals surface area contributed by atoms with E-state index in [0.717, 1.165) is 11.8 Å². The number of dihydropyridines is 1. The Morgan fingerprint density at radius 3 is 2.26 bits per heavy atom. The highest BCUT2D eigenvalue weighted by Gasteiger charge is 2.36. The van der Waals surface area contributed by atoms with Gasteiger partial charge in [0.15, 0.2) is 0 Å². The highest BCUT2D eigenvalue weighted by molar-refractivity contribution is 8.03. The number of nitrogens with zero attached hydrogens (tertiary/aromatic N) is 1. The Balaban J connectivity index is 1.57. The first-order valence-electron chi connectivity index (χ1n) is 11.7. The number of nitriles is 1. The molecule has 2 aromatic carbocycles. The van der Waals surface area contributed by atoms with Crippen LogP contribution in [0.1, 0.15) is 34.7 Å². The Morgan fingerprint density at radius 1 is 1.03 bits per heavy atom. The molecule has 39 heavy (non-hydrogen) atoms. The number of benzene rings is 2. The van der Waals surface area contributed by atoms with Crippen molar-refractivity contribution in [1.29, 1.82) is 5.26 Å². The predicted molar refractivity (Wildman–Crippen MR) is 149 cm³/mol. The molecule has 4 rings (SSSR count). The third-order valence-electron chi connectivity index (χ3n) is 5.80. The molecule has 2 heterocycles. The molecule has 0 bridgehead atoms. The maximum Gasteiger partial charge on any atom is 0.335 e. The quantitative estimate of drug-likeness (QED) is 0.276. The van der Waals surface area contributed by atoms with Crippen molar-refractivity contribution in [3.63, 3.8) is 0 Å². The number of aromatic carboxylic acids is 1. The van der Waals surface area contributed by atoms with Crippen LogP contribution in [0.5, 0.6) is 0 Å². The smallest absolute Gasteiger partial charge is 0.335 e. The van der Waals surface area contributed by atoms with Gasteiger partial charge in [-0.05, 0) is 74.5 Å². The van der Waals surface area contributed by atoms with Crippen LogP contribution in [0, 0.1) is 18.3 Å². The van der Waals surface area contributed by atoms with Crippen LogP contribution in [-0.2, 0) is 9.59 Å². The van der Waals surface area contributed by atoms with Gasteiger partial charge in [0.2, 0.25) is 5.91 Å².